The van der Waals surface area contributed by atoms with Crippen LogP contribution in [-0.2, 0) is 6.42 Å². The molecule has 1 aromatic heterocycles. The zero-order chi connectivity index (χ0) is 23.4. The molecule has 1 aliphatic heterocycles. The van der Waals surface area contributed by atoms with Gasteiger partial charge in [0.2, 0.25) is 0 Å². The maximum Gasteiger partial charge on any atom is 0.171 e. The minimum absolute atomic E-state index is 0.0314. The topological polar surface area (TPSA) is 77.9 Å². The molecule has 1 aliphatic rings. The van der Waals surface area contributed by atoms with Crippen LogP contribution in [0.1, 0.15) is 32.7 Å². The molecule has 1 unspecified atom stereocenters. The molecular formula is C26H22F2N4O. The van der Waals surface area contributed by atoms with Crippen molar-refractivity contribution in [1.82, 2.24) is 15.6 Å². The number of allylic oxidation sites excluding steroid dienone is 1. The van der Waals surface area contributed by atoms with E-state index in [9.17, 15) is 13.6 Å². The quantitative estimate of drug-likeness (QED) is 0.366. The van der Waals surface area contributed by atoms with Crippen LogP contribution in [0.2, 0.25) is 0 Å². The lowest BCUT2D eigenvalue weighted by molar-refractivity contribution is 0.0988. The third-order valence-corrected chi connectivity index (χ3v) is 5.32. The van der Waals surface area contributed by atoms with Gasteiger partial charge in [-0.05, 0) is 67.1 Å². The minimum Gasteiger partial charge on any atom is -0.360 e. The van der Waals surface area contributed by atoms with Crippen LogP contribution >= 0.6 is 0 Å². The summed E-state index contributed by atoms with van der Waals surface area (Å²) in [5.74, 6) is -1.20. The smallest absolute Gasteiger partial charge is 0.171 e. The van der Waals surface area contributed by atoms with Crippen molar-refractivity contribution in [3.8, 4) is 0 Å². The van der Waals surface area contributed by atoms with Crippen molar-refractivity contribution in [3.63, 3.8) is 0 Å². The Bertz CT molecular complexity index is 1280. The summed E-state index contributed by atoms with van der Waals surface area (Å²) in [4.78, 5) is 16.9. The van der Waals surface area contributed by atoms with Crippen LogP contribution in [0.3, 0.4) is 0 Å². The van der Waals surface area contributed by atoms with Crippen LogP contribution in [0.25, 0.3) is 11.4 Å². The van der Waals surface area contributed by atoms with E-state index in [2.05, 4.69) is 15.6 Å². The molecule has 0 saturated heterocycles. The number of pyridine rings is 1. The third-order valence-electron chi connectivity index (χ3n) is 5.32. The summed E-state index contributed by atoms with van der Waals surface area (Å²) in [5.41, 5.74) is 4.13. The van der Waals surface area contributed by atoms with E-state index >= 15 is 0 Å². The highest BCUT2D eigenvalue weighted by molar-refractivity contribution is 5.98. The molecule has 0 fully saturated rings. The van der Waals surface area contributed by atoms with Gasteiger partial charge in [-0.1, -0.05) is 12.1 Å². The number of aryl methyl sites for hydroxylation is 1. The monoisotopic (exact) mass is 444 g/mol. The van der Waals surface area contributed by atoms with Gasteiger partial charge in [0.05, 0.1) is 23.4 Å². The van der Waals surface area contributed by atoms with Crippen LogP contribution in [-0.4, -0.2) is 23.1 Å². The molecule has 1 atom stereocenters. The van der Waals surface area contributed by atoms with E-state index < -0.39 is 5.82 Å². The molecule has 3 aromatic rings. The molecular weight excluding hydrogens is 422 g/mol. The molecule has 7 heteroatoms. The second kappa shape index (κ2) is 9.56. The molecule has 4 rings (SSSR count). The molecule has 2 heterocycles. The number of nitrogens with one attached hydrogen (secondary N) is 3. The van der Waals surface area contributed by atoms with Crippen LogP contribution in [0.4, 0.5) is 8.78 Å². The Morgan fingerprint density at radius 3 is 2.45 bits per heavy atom. The number of hydrogen-bond acceptors (Lipinski definition) is 5. The fourth-order valence-corrected chi connectivity index (χ4v) is 3.69. The first-order valence-corrected chi connectivity index (χ1v) is 10.4. The van der Waals surface area contributed by atoms with E-state index in [4.69, 9.17) is 5.41 Å². The number of aromatic nitrogens is 1. The Balaban J connectivity index is 1.69. The molecule has 166 valence electrons. The predicted octanol–water partition coefficient (Wildman–Crippen LogP) is 4.64. The number of ketones is 1. The van der Waals surface area contributed by atoms with Crippen LogP contribution in [0.5, 0.6) is 0 Å². The number of nitrogens with zero attached hydrogens (tertiary/aromatic N) is 1. The first-order valence-electron chi connectivity index (χ1n) is 10.4. The van der Waals surface area contributed by atoms with Gasteiger partial charge in [-0.3, -0.25) is 9.78 Å². The van der Waals surface area contributed by atoms with Gasteiger partial charge in [0, 0.05) is 29.2 Å². The number of benzene rings is 2. The lowest BCUT2D eigenvalue weighted by Crippen LogP contribution is -2.30. The van der Waals surface area contributed by atoms with Crippen LogP contribution in [0, 0.1) is 24.0 Å². The molecule has 0 saturated carbocycles. The summed E-state index contributed by atoms with van der Waals surface area (Å²) in [5, 5.41) is 13.9. The summed E-state index contributed by atoms with van der Waals surface area (Å²) < 4.78 is 27.8. The first-order chi connectivity index (χ1) is 16.0. The van der Waals surface area contributed by atoms with E-state index in [-0.39, 0.29) is 29.8 Å². The molecule has 0 radical (unpaired) electrons. The van der Waals surface area contributed by atoms with Crippen molar-refractivity contribution < 1.29 is 13.6 Å². The number of hydrogen-bond donors (Lipinski definition) is 3. The first kappa shape index (κ1) is 22.1. The van der Waals surface area contributed by atoms with Crippen molar-refractivity contribution in [3.05, 3.63) is 113 Å². The van der Waals surface area contributed by atoms with E-state index in [1.54, 1.807) is 55.6 Å². The molecule has 5 nitrogen and oxygen atoms in total. The van der Waals surface area contributed by atoms with E-state index in [0.29, 0.717) is 11.3 Å². The minimum atomic E-state index is -0.558. The number of Topliss-reactive ketones (excluding diaryl/α,β-unsaturated/α-hetero) is 1. The number of carbonyl (C=O) groups is 1. The Morgan fingerprint density at radius 2 is 1.76 bits per heavy atom. The van der Waals surface area contributed by atoms with Gasteiger partial charge in [-0.15, -0.1) is 0 Å². The van der Waals surface area contributed by atoms with Gasteiger partial charge < -0.3 is 16.0 Å². The summed E-state index contributed by atoms with van der Waals surface area (Å²) in [6, 6.07) is 14.3. The summed E-state index contributed by atoms with van der Waals surface area (Å²) >= 11 is 0. The molecule has 3 N–H and O–H groups in total. The number of rotatable bonds is 7. The maximum absolute atomic E-state index is 14.0. The molecule has 2 aromatic carbocycles. The molecule has 0 bridgehead atoms. The highest BCUT2D eigenvalue weighted by atomic mass is 19.1. The highest BCUT2D eigenvalue weighted by Crippen LogP contribution is 2.29. The Labute approximate surface area is 190 Å². The second-order valence-electron chi connectivity index (χ2n) is 7.65. The number of carbonyl (C=O) groups excluding carboxylic acids is 1. The Hall–Kier alpha value is -4.13. The average Bonchev–Trinajstić information content (AvgIpc) is 3.24. The van der Waals surface area contributed by atoms with Gasteiger partial charge >= 0.3 is 0 Å². The van der Waals surface area contributed by atoms with Gasteiger partial charge in [0.15, 0.2) is 5.78 Å². The van der Waals surface area contributed by atoms with Crippen molar-refractivity contribution in [2.45, 2.75) is 19.5 Å². The number of halogens is 2. The average molecular weight is 444 g/mol. The van der Waals surface area contributed by atoms with Gasteiger partial charge in [0.1, 0.15) is 17.8 Å². The molecule has 0 amide bonds. The standard InChI is InChI=1S/C26H22F2N4O/c1-16-13-17(8-9-21(16)27)25-26(32-24(31-25)7-4-11-29)18-10-12-30-19(14-18)15-23(33)20-5-2-3-6-22(20)28/h2-14,24,29,31-32H,15H2,1H3/b7-4-,29-11?. The van der Waals surface area contributed by atoms with Crippen molar-refractivity contribution >= 4 is 23.4 Å². The van der Waals surface area contributed by atoms with Crippen molar-refractivity contribution in [2.75, 3.05) is 0 Å². The Morgan fingerprint density at radius 1 is 1.03 bits per heavy atom. The zero-order valence-electron chi connectivity index (χ0n) is 17.9. The van der Waals surface area contributed by atoms with Crippen molar-refractivity contribution in [1.29, 1.82) is 5.41 Å². The SMILES string of the molecule is Cc1cc(C2=C(c3ccnc(CC(=O)c4ccccc4F)c3)NC(/C=C\C=N)N2)ccc1F. The molecule has 0 spiro atoms. The molecule has 33 heavy (non-hydrogen) atoms. The summed E-state index contributed by atoms with van der Waals surface area (Å²) in [7, 11) is 0. The van der Waals surface area contributed by atoms with Crippen LogP contribution < -0.4 is 10.6 Å². The van der Waals surface area contributed by atoms with Crippen molar-refractivity contribution in [2.24, 2.45) is 0 Å². The normalized spacial score (nSPS) is 15.4. The largest absolute Gasteiger partial charge is 0.360 e. The van der Waals surface area contributed by atoms with Gasteiger partial charge in [0.25, 0.3) is 0 Å². The van der Waals surface area contributed by atoms with Crippen LogP contribution in [0.15, 0.2) is 72.9 Å². The summed E-state index contributed by atoms with van der Waals surface area (Å²) in [6.07, 6.45) is 5.85. The van der Waals surface area contributed by atoms with E-state index in [1.807, 2.05) is 0 Å². The lowest BCUT2D eigenvalue weighted by atomic mass is 10.0. The van der Waals surface area contributed by atoms with E-state index in [0.717, 1.165) is 22.5 Å². The Kier molecular flexibility index (Phi) is 6.40. The maximum atomic E-state index is 14.0. The highest BCUT2D eigenvalue weighted by Gasteiger charge is 2.24. The predicted molar refractivity (Wildman–Crippen MR) is 125 cm³/mol. The van der Waals surface area contributed by atoms with Gasteiger partial charge in [-0.25, -0.2) is 8.78 Å². The van der Waals surface area contributed by atoms with Gasteiger partial charge in [-0.2, -0.15) is 0 Å². The molecule has 0 aliphatic carbocycles. The fourth-order valence-electron chi connectivity index (χ4n) is 3.69. The fraction of sp³-hybridized carbons (Fsp3) is 0.115. The second-order valence-corrected chi connectivity index (χ2v) is 7.65. The van der Waals surface area contributed by atoms with E-state index in [1.165, 1.54) is 30.5 Å². The lowest BCUT2D eigenvalue weighted by Gasteiger charge is -2.10. The zero-order valence-corrected chi connectivity index (χ0v) is 17.9. The third kappa shape index (κ3) is 4.87. The summed E-state index contributed by atoms with van der Waals surface area (Å²) in [6.45, 7) is 1.70.